The lowest BCUT2D eigenvalue weighted by atomic mass is 10.0. The summed E-state index contributed by atoms with van der Waals surface area (Å²) in [7, 11) is 1.34. The van der Waals surface area contributed by atoms with Gasteiger partial charge in [0.25, 0.3) is 0 Å². The number of carbonyl (C=O) groups excluding carboxylic acids is 2. The average Bonchev–Trinajstić information content (AvgIpc) is 2.25. The summed E-state index contributed by atoms with van der Waals surface area (Å²) in [4.78, 5) is 23.5. The van der Waals surface area contributed by atoms with E-state index in [0.717, 1.165) is 0 Å². The normalized spacial score (nSPS) is 14.6. The molecule has 2 atom stereocenters. The molecule has 6 nitrogen and oxygen atoms in total. The zero-order valence-corrected chi connectivity index (χ0v) is 13.6. The van der Waals surface area contributed by atoms with Gasteiger partial charge in [0.1, 0.15) is 5.60 Å². The Morgan fingerprint density at radius 2 is 1.70 bits per heavy atom. The summed E-state index contributed by atoms with van der Waals surface area (Å²) in [6.45, 7) is 11.5. The topological polar surface area (TPSA) is 76.7 Å². The van der Waals surface area contributed by atoms with Crippen molar-refractivity contribution in [1.82, 2.24) is 10.6 Å². The molecule has 0 bridgehead atoms. The lowest BCUT2D eigenvalue weighted by Crippen LogP contribution is -2.48. The molecule has 0 saturated heterocycles. The van der Waals surface area contributed by atoms with Gasteiger partial charge in [-0.15, -0.1) is 0 Å². The predicted octanol–water partition coefficient (Wildman–Crippen LogP) is 1.69. The summed E-state index contributed by atoms with van der Waals surface area (Å²) in [6, 6.07) is -0.139. The summed E-state index contributed by atoms with van der Waals surface area (Å²) < 4.78 is 9.95. The Labute approximate surface area is 121 Å². The van der Waals surface area contributed by atoms with E-state index in [9.17, 15) is 9.59 Å². The van der Waals surface area contributed by atoms with Crippen LogP contribution in [0.4, 0.5) is 4.79 Å². The molecule has 0 aliphatic heterocycles. The molecule has 0 aromatic carbocycles. The van der Waals surface area contributed by atoms with E-state index in [1.165, 1.54) is 7.11 Å². The molecule has 0 saturated carbocycles. The Morgan fingerprint density at radius 3 is 2.10 bits per heavy atom. The molecule has 0 rings (SSSR count). The molecular formula is C14H28N2O4. The van der Waals surface area contributed by atoms with Crippen molar-refractivity contribution in [2.75, 3.05) is 13.7 Å². The van der Waals surface area contributed by atoms with Crippen LogP contribution in [0.25, 0.3) is 0 Å². The maximum atomic E-state index is 11.8. The number of esters is 1. The molecule has 0 heterocycles. The standard InChI is InChI=1S/C14H28N2O4/c1-9(2)15-8-11(12(17)19-7)10(3)16-13(18)20-14(4,5)6/h9-11,15H,8H2,1-7H3,(H,16,18)/t10-,11?/m1/s1. The molecule has 6 heteroatoms. The van der Waals surface area contributed by atoms with Gasteiger partial charge in [0, 0.05) is 18.6 Å². The molecule has 0 aromatic heterocycles. The zero-order chi connectivity index (χ0) is 15.9. The molecule has 2 N–H and O–H groups in total. The van der Waals surface area contributed by atoms with Crippen molar-refractivity contribution < 1.29 is 19.1 Å². The van der Waals surface area contributed by atoms with Gasteiger partial charge in [-0.3, -0.25) is 4.79 Å². The first kappa shape index (κ1) is 18.7. The molecule has 20 heavy (non-hydrogen) atoms. The highest BCUT2D eigenvalue weighted by Gasteiger charge is 2.28. The fraction of sp³-hybridized carbons (Fsp3) is 0.857. The van der Waals surface area contributed by atoms with Gasteiger partial charge < -0.3 is 20.1 Å². The van der Waals surface area contributed by atoms with E-state index < -0.39 is 17.6 Å². The Morgan fingerprint density at radius 1 is 1.15 bits per heavy atom. The molecule has 0 fully saturated rings. The van der Waals surface area contributed by atoms with Crippen molar-refractivity contribution in [2.45, 2.75) is 59.2 Å². The molecule has 1 amide bonds. The monoisotopic (exact) mass is 288 g/mol. The third-order valence-corrected chi connectivity index (χ3v) is 2.60. The Balaban J connectivity index is 4.58. The van der Waals surface area contributed by atoms with Crippen molar-refractivity contribution in [3.63, 3.8) is 0 Å². The zero-order valence-electron chi connectivity index (χ0n) is 13.6. The minimum Gasteiger partial charge on any atom is -0.469 e. The number of hydrogen-bond acceptors (Lipinski definition) is 5. The van der Waals surface area contributed by atoms with Crippen molar-refractivity contribution in [3.05, 3.63) is 0 Å². The minimum atomic E-state index is -0.569. The van der Waals surface area contributed by atoms with E-state index in [-0.39, 0.29) is 18.1 Å². The average molecular weight is 288 g/mol. The van der Waals surface area contributed by atoms with Crippen LogP contribution < -0.4 is 10.6 Å². The van der Waals surface area contributed by atoms with E-state index >= 15 is 0 Å². The van der Waals surface area contributed by atoms with Crippen LogP contribution in [0.2, 0.25) is 0 Å². The third kappa shape index (κ3) is 7.99. The van der Waals surface area contributed by atoms with E-state index in [4.69, 9.17) is 9.47 Å². The molecule has 0 aliphatic rings. The second kappa shape index (κ2) is 8.09. The van der Waals surface area contributed by atoms with E-state index in [0.29, 0.717) is 6.54 Å². The maximum Gasteiger partial charge on any atom is 0.407 e. The van der Waals surface area contributed by atoms with Crippen LogP contribution in [-0.4, -0.2) is 43.4 Å². The second-order valence-electron chi connectivity index (χ2n) is 6.13. The summed E-state index contributed by atoms with van der Waals surface area (Å²) in [5, 5.41) is 5.84. The molecule has 1 unspecified atom stereocenters. The minimum absolute atomic E-state index is 0.246. The van der Waals surface area contributed by atoms with E-state index in [2.05, 4.69) is 10.6 Å². The first-order valence-corrected chi connectivity index (χ1v) is 6.87. The quantitative estimate of drug-likeness (QED) is 0.727. The Hall–Kier alpha value is -1.30. The highest BCUT2D eigenvalue weighted by atomic mass is 16.6. The smallest absolute Gasteiger partial charge is 0.407 e. The molecular weight excluding hydrogens is 260 g/mol. The van der Waals surface area contributed by atoms with Gasteiger partial charge in [0.2, 0.25) is 0 Å². The molecule has 118 valence electrons. The largest absolute Gasteiger partial charge is 0.469 e. The fourth-order valence-corrected chi connectivity index (χ4v) is 1.57. The summed E-state index contributed by atoms with van der Waals surface area (Å²) >= 11 is 0. The number of rotatable bonds is 6. The van der Waals surface area contributed by atoms with Gasteiger partial charge in [0.05, 0.1) is 13.0 Å². The third-order valence-electron chi connectivity index (χ3n) is 2.60. The summed E-state index contributed by atoms with van der Waals surface area (Å²) in [6.07, 6.45) is -0.538. The highest BCUT2D eigenvalue weighted by molar-refractivity contribution is 5.75. The van der Waals surface area contributed by atoms with Gasteiger partial charge in [-0.1, -0.05) is 13.8 Å². The number of amides is 1. The van der Waals surface area contributed by atoms with E-state index in [1.807, 2.05) is 13.8 Å². The number of methoxy groups -OCH3 is 1. The van der Waals surface area contributed by atoms with Crippen LogP contribution in [0.5, 0.6) is 0 Å². The van der Waals surface area contributed by atoms with Crippen molar-refractivity contribution >= 4 is 12.1 Å². The van der Waals surface area contributed by atoms with Crippen LogP contribution in [0.1, 0.15) is 41.5 Å². The maximum absolute atomic E-state index is 11.8. The van der Waals surface area contributed by atoms with Crippen LogP contribution in [0, 0.1) is 5.92 Å². The van der Waals surface area contributed by atoms with Crippen LogP contribution in [0.3, 0.4) is 0 Å². The SMILES string of the molecule is COC(=O)C(CNC(C)C)[C@@H](C)NC(=O)OC(C)(C)C. The summed E-state index contributed by atoms with van der Waals surface area (Å²) in [5.74, 6) is -0.823. The van der Waals surface area contributed by atoms with Crippen LogP contribution >= 0.6 is 0 Å². The van der Waals surface area contributed by atoms with Crippen LogP contribution in [-0.2, 0) is 14.3 Å². The number of nitrogens with one attached hydrogen (secondary N) is 2. The number of alkyl carbamates (subject to hydrolysis) is 1. The number of ether oxygens (including phenoxy) is 2. The Bertz CT molecular complexity index is 324. The highest BCUT2D eigenvalue weighted by Crippen LogP contribution is 2.10. The van der Waals surface area contributed by atoms with Crippen molar-refractivity contribution in [1.29, 1.82) is 0 Å². The Kier molecular flexibility index (Phi) is 7.57. The first-order chi connectivity index (χ1) is 9.06. The van der Waals surface area contributed by atoms with Crippen molar-refractivity contribution in [3.8, 4) is 0 Å². The van der Waals surface area contributed by atoms with Gasteiger partial charge in [-0.25, -0.2) is 4.79 Å². The molecule has 0 aliphatic carbocycles. The van der Waals surface area contributed by atoms with Gasteiger partial charge >= 0.3 is 12.1 Å². The van der Waals surface area contributed by atoms with Crippen molar-refractivity contribution in [2.24, 2.45) is 5.92 Å². The lowest BCUT2D eigenvalue weighted by Gasteiger charge is -2.26. The second-order valence-corrected chi connectivity index (χ2v) is 6.13. The lowest BCUT2D eigenvalue weighted by molar-refractivity contribution is -0.146. The molecule has 0 spiro atoms. The number of carbonyl (C=O) groups is 2. The number of hydrogen-bond donors (Lipinski definition) is 2. The van der Waals surface area contributed by atoms with Gasteiger partial charge in [-0.2, -0.15) is 0 Å². The predicted molar refractivity (Wildman–Crippen MR) is 77.5 cm³/mol. The summed E-state index contributed by atoms with van der Waals surface area (Å²) in [5.41, 5.74) is -0.569. The fourth-order valence-electron chi connectivity index (χ4n) is 1.57. The van der Waals surface area contributed by atoms with Crippen LogP contribution in [0.15, 0.2) is 0 Å². The van der Waals surface area contributed by atoms with Gasteiger partial charge in [0.15, 0.2) is 0 Å². The van der Waals surface area contributed by atoms with E-state index in [1.54, 1.807) is 27.7 Å². The molecule has 0 radical (unpaired) electrons. The van der Waals surface area contributed by atoms with Gasteiger partial charge in [-0.05, 0) is 27.7 Å². The first-order valence-electron chi connectivity index (χ1n) is 6.87. The molecule has 0 aromatic rings.